The molecule has 0 spiro atoms. The van der Waals surface area contributed by atoms with E-state index in [1.54, 1.807) is 19.1 Å². The number of esters is 1. The zero-order valence-electron chi connectivity index (χ0n) is 9.33. The quantitative estimate of drug-likeness (QED) is 0.379. The first kappa shape index (κ1) is 13.5. The van der Waals surface area contributed by atoms with E-state index in [0.717, 1.165) is 5.56 Å². The molecule has 0 saturated carbocycles. The van der Waals surface area contributed by atoms with Gasteiger partial charge in [-0.2, -0.15) is 12.6 Å². The van der Waals surface area contributed by atoms with Gasteiger partial charge >= 0.3 is 5.97 Å². The Morgan fingerprint density at radius 1 is 1.47 bits per heavy atom. The number of ether oxygens (including phenoxy) is 1. The fraction of sp³-hybridized carbons (Fsp3) is 0.364. The third kappa shape index (κ3) is 4.07. The van der Waals surface area contributed by atoms with E-state index in [-0.39, 0.29) is 24.2 Å². The van der Waals surface area contributed by atoms with E-state index in [2.05, 4.69) is 12.6 Å². The monoisotopic (exact) mass is 255 g/mol. The van der Waals surface area contributed by atoms with Gasteiger partial charge in [0.15, 0.2) is 0 Å². The van der Waals surface area contributed by atoms with E-state index in [9.17, 15) is 14.9 Å². The van der Waals surface area contributed by atoms with Gasteiger partial charge in [-0.25, -0.2) is 0 Å². The van der Waals surface area contributed by atoms with Crippen molar-refractivity contribution in [2.24, 2.45) is 5.92 Å². The summed E-state index contributed by atoms with van der Waals surface area (Å²) in [7, 11) is 0. The summed E-state index contributed by atoms with van der Waals surface area (Å²) in [5, 5.41) is 10.4. The molecule has 0 bridgehead atoms. The van der Waals surface area contributed by atoms with Crippen LogP contribution in [0.25, 0.3) is 0 Å². The maximum absolute atomic E-state index is 11.3. The summed E-state index contributed by atoms with van der Waals surface area (Å²) >= 11 is 4.00. The highest BCUT2D eigenvalue weighted by Crippen LogP contribution is 2.13. The average Bonchev–Trinajstić information content (AvgIpc) is 2.35. The molecular formula is C11H13NO4S. The van der Waals surface area contributed by atoms with Crippen LogP contribution in [0.2, 0.25) is 0 Å². The van der Waals surface area contributed by atoms with E-state index in [1.807, 2.05) is 0 Å². The smallest absolute Gasteiger partial charge is 0.309 e. The van der Waals surface area contributed by atoms with Crippen molar-refractivity contribution < 1.29 is 14.5 Å². The Hall–Kier alpha value is -1.56. The molecule has 1 aromatic rings. The first-order chi connectivity index (χ1) is 8.04. The maximum atomic E-state index is 11.3. The topological polar surface area (TPSA) is 69.4 Å². The summed E-state index contributed by atoms with van der Waals surface area (Å²) in [5.41, 5.74) is 0.735. The van der Waals surface area contributed by atoms with Crippen LogP contribution in [0.3, 0.4) is 0 Å². The van der Waals surface area contributed by atoms with Crippen LogP contribution >= 0.6 is 12.6 Å². The van der Waals surface area contributed by atoms with Crippen LogP contribution in [0.5, 0.6) is 0 Å². The lowest BCUT2D eigenvalue weighted by Gasteiger charge is -2.08. The SMILES string of the molecule is CC(CS)C(=O)OCc1ccc([N+](=O)[O-])cc1. The van der Waals surface area contributed by atoms with Crippen LogP contribution < -0.4 is 0 Å². The fourth-order valence-electron chi connectivity index (χ4n) is 1.09. The lowest BCUT2D eigenvalue weighted by molar-refractivity contribution is -0.384. The van der Waals surface area contributed by atoms with E-state index in [0.29, 0.717) is 5.75 Å². The Morgan fingerprint density at radius 3 is 2.53 bits per heavy atom. The van der Waals surface area contributed by atoms with E-state index < -0.39 is 4.92 Å². The van der Waals surface area contributed by atoms with Crippen LogP contribution in [0.4, 0.5) is 5.69 Å². The molecule has 1 unspecified atom stereocenters. The van der Waals surface area contributed by atoms with Crippen molar-refractivity contribution >= 4 is 24.3 Å². The van der Waals surface area contributed by atoms with Crippen molar-refractivity contribution in [3.05, 3.63) is 39.9 Å². The van der Waals surface area contributed by atoms with Gasteiger partial charge in [0, 0.05) is 17.9 Å². The van der Waals surface area contributed by atoms with Crippen LogP contribution in [-0.2, 0) is 16.1 Å². The number of carbonyl (C=O) groups excluding carboxylic acids is 1. The molecule has 0 aliphatic heterocycles. The van der Waals surface area contributed by atoms with E-state index in [4.69, 9.17) is 4.74 Å². The zero-order valence-corrected chi connectivity index (χ0v) is 10.2. The van der Waals surface area contributed by atoms with Crippen molar-refractivity contribution in [1.82, 2.24) is 0 Å². The van der Waals surface area contributed by atoms with Gasteiger partial charge in [0.2, 0.25) is 0 Å². The zero-order chi connectivity index (χ0) is 12.8. The molecule has 0 N–H and O–H groups in total. The molecule has 17 heavy (non-hydrogen) atoms. The van der Waals surface area contributed by atoms with Crippen molar-refractivity contribution in [1.29, 1.82) is 0 Å². The lowest BCUT2D eigenvalue weighted by Crippen LogP contribution is -2.15. The first-order valence-corrected chi connectivity index (χ1v) is 5.68. The van der Waals surface area contributed by atoms with Gasteiger partial charge in [0.1, 0.15) is 6.61 Å². The second-order valence-electron chi connectivity index (χ2n) is 3.61. The van der Waals surface area contributed by atoms with Crippen molar-refractivity contribution in [3.63, 3.8) is 0 Å². The predicted octanol–water partition coefficient (Wildman–Crippen LogP) is 2.20. The first-order valence-electron chi connectivity index (χ1n) is 5.05. The maximum Gasteiger partial charge on any atom is 0.309 e. The second kappa shape index (κ2) is 6.24. The molecule has 0 heterocycles. The number of hydrogen-bond donors (Lipinski definition) is 1. The second-order valence-corrected chi connectivity index (χ2v) is 3.98. The molecular weight excluding hydrogens is 242 g/mol. The van der Waals surface area contributed by atoms with Gasteiger partial charge in [-0.3, -0.25) is 14.9 Å². The summed E-state index contributed by atoms with van der Waals surface area (Å²) in [6, 6.07) is 5.89. The van der Waals surface area contributed by atoms with Gasteiger partial charge in [-0.15, -0.1) is 0 Å². The average molecular weight is 255 g/mol. The molecule has 0 aliphatic carbocycles. The molecule has 0 saturated heterocycles. The number of thiol groups is 1. The Morgan fingerprint density at radius 2 is 2.06 bits per heavy atom. The molecule has 92 valence electrons. The Bertz CT molecular complexity index is 404. The number of carbonyl (C=O) groups is 1. The predicted molar refractivity (Wildman–Crippen MR) is 65.9 cm³/mol. The highest BCUT2D eigenvalue weighted by Gasteiger charge is 2.12. The third-order valence-corrected chi connectivity index (χ3v) is 2.75. The number of nitrogens with zero attached hydrogens (tertiary/aromatic N) is 1. The number of nitro benzene ring substituents is 1. The van der Waals surface area contributed by atoms with Gasteiger partial charge in [0.05, 0.1) is 10.8 Å². The molecule has 0 aromatic heterocycles. The van der Waals surface area contributed by atoms with Gasteiger partial charge in [0.25, 0.3) is 5.69 Å². The van der Waals surface area contributed by atoms with Crippen molar-refractivity contribution in [2.75, 3.05) is 5.75 Å². The summed E-state index contributed by atoms with van der Waals surface area (Å²) in [6.07, 6.45) is 0. The molecule has 1 aromatic carbocycles. The molecule has 0 amide bonds. The highest BCUT2D eigenvalue weighted by molar-refractivity contribution is 7.80. The van der Waals surface area contributed by atoms with Crippen LogP contribution in [0.15, 0.2) is 24.3 Å². The number of non-ortho nitro benzene ring substituents is 1. The molecule has 5 nitrogen and oxygen atoms in total. The molecule has 1 rings (SSSR count). The summed E-state index contributed by atoms with van der Waals surface area (Å²) in [6.45, 7) is 1.85. The molecule has 1 atom stereocenters. The summed E-state index contributed by atoms with van der Waals surface area (Å²) < 4.78 is 5.02. The number of nitro groups is 1. The van der Waals surface area contributed by atoms with E-state index >= 15 is 0 Å². The third-order valence-electron chi connectivity index (χ3n) is 2.20. The summed E-state index contributed by atoms with van der Waals surface area (Å²) in [4.78, 5) is 21.3. The van der Waals surface area contributed by atoms with E-state index in [1.165, 1.54) is 12.1 Å². The van der Waals surface area contributed by atoms with Crippen LogP contribution in [-0.4, -0.2) is 16.6 Å². The minimum Gasteiger partial charge on any atom is -0.461 e. The van der Waals surface area contributed by atoms with Gasteiger partial charge < -0.3 is 4.74 Å². The molecule has 0 aliphatic rings. The number of benzene rings is 1. The minimum absolute atomic E-state index is 0.0174. The standard InChI is InChI=1S/C11H13NO4S/c1-8(7-17)11(13)16-6-9-2-4-10(5-3-9)12(14)15/h2-5,8,17H,6-7H2,1H3. The summed E-state index contributed by atoms with van der Waals surface area (Å²) in [5.74, 6) is -0.145. The van der Waals surface area contributed by atoms with Crippen LogP contribution in [0.1, 0.15) is 12.5 Å². The van der Waals surface area contributed by atoms with Crippen molar-refractivity contribution in [3.8, 4) is 0 Å². The largest absolute Gasteiger partial charge is 0.461 e. The molecule has 0 fully saturated rings. The fourth-order valence-corrected chi connectivity index (χ4v) is 1.23. The lowest BCUT2D eigenvalue weighted by atomic mass is 10.2. The Balaban J connectivity index is 2.53. The highest BCUT2D eigenvalue weighted by atomic mass is 32.1. The van der Waals surface area contributed by atoms with Gasteiger partial charge in [-0.1, -0.05) is 6.92 Å². The Labute approximate surface area is 104 Å². The Kier molecular flexibility index (Phi) is 4.96. The van der Waals surface area contributed by atoms with Gasteiger partial charge in [-0.05, 0) is 17.7 Å². The molecule has 6 heteroatoms. The minimum atomic E-state index is -0.473. The van der Waals surface area contributed by atoms with Crippen LogP contribution in [0, 0.1) is 16.0 Å². The molecule has 0 radical (unpaired) electrons. The number of hydrogen-bond acceptors (Lipinski definition) is 5. The van der Waals surface area contributed by atoms with Crippen molar-refractivity contribution in [2.45, 2.75) is 13.5 Å². The number of rotatable bonds is 5. The normalized spacial score (nSPS) is 11.9.